The van der Waals surface area contributed by atoms with Gasteiger partial charge in [-0.05, 0) is 18.6 Å². The maximum absolute atomic E-state index is 11.8. The Hall–Kier alpha value is -1.91. The lowest BCUT2D eigenvalue weighted by molar-refractivity contribution is -0.129. The van der Waals surface area contributed by atoms with Crippen molar-refractivity contribution in [2.75, 3.05) is 20.1 Å². The van der Waals surface area contributed by atoms with E-state index in [0.717, 1.165) is 31.0 Å². The van der Waals surface area contributed by atoms with Gasteiger partial charge < -0.3 is 15.5 Å². The molecule has 8 nitrogen and oxygen atoms in total. The Balaban J connectivity index is 0.00000225. The second-order valence-corrected chi connectivity index (χ2v) is 5.79. The number of hydrogen-bond donors (Lipinski definition) is 2. The fourth-order valence-electron chi connectivity index (χ4n) is 2.89. The molecule has 0 bridgehead atoms. The molecule has 25 heavy (non-hydrogen) atoms. The first kappa shape index (κ1) is 19.4. The van der Waals surface area contributed by atoms with Crippen LogP contribution in [0, 0.1) is 0 Å². The third-order valence-electron chi connectivity index (χ3n) is 4.21. The number of halogens is 1. The minimum absolute atomic E-state index is 0. The molecule has 136 valence electrons. The molecule has 3 heterocycles. The quantitative estimate of drug-likeness (QED) is 0.407. The van der Waals surface area contributed by atoms with E-state index in [-0.39, 0.29) is 35.9 Å². The van der Waals surface area contributed by atoms with E-state index in [9.17, 15) is 4.79 Å². The standard InChI is InChI=1S/C16H23N7O.HI/c1-3-15(24)22-9-7-12(11-22)19-16(17-2)18-10-14-21-20-13-6-4-5-8-23(13)14;/h4-6,8,12H,3,7,9-11H2,1-2H3,(H2,17,18,19);1H. The summed E-state index contributed by atoms with van der Waals surface area (Å²) < 4.78 is 1.94. The molecular weight excluding hydrogens is 433 g/mol. The Bertz CT molecular complexity index is 745. The second kappa shape index (κ2) is 8.97. The highest BCUT2D eigenvalue weighted by molar-refractivity contribution is 14.0. The van der Waals surface area contributed by atoms with Crippen LogP contribution in [0.4, 0.5) is 0 Å². The lowest BCUT2D eigenvalue weighted by Crippen LogP contribution is -2.44. The molecular formula is C16H24IN7O. The van der Waals surface area contributed by atoms with Crippen molar-refractivity contribution >= 4 is 41.5 Å². The number of aromatic nitrogens is 3. The maximum atomic E-state index is 11.8. The smallest absolute Gasteiger partial charge is 0.222 e. The molecule has 0 radical (unpaired) electrons. The van der Waals surface area contributed by atoms with Crippen molar-refractivity contribution < 1.29 is 4.79 Å². The number of rotatable bonds is 4. The number of guanidine groups is 1. The molecule has 2 N–H and O–H groups in total. The zero-order valence-electron chi connectivity index (χ0n) is 14.5. The molecule has 0 aromatic carbocycles. The number of aliphatic imine (C=N–C) groups is 1. The summed E-state index contributed by atoms with van der Waals surface area (Å²) in [4.78, 5) is 17.9. The zero-order chi connectivity index (χ0) is 16.9. The SMILES string of the molecule is CCC(=O)N1CCC(NC(=NC)NCc2nnc3ccccn23)C1.I. The molecule has 0 saturated carbocycles. The molecule has 2 aromatic heterocycles. The molecule has 1 unspecified atom stereocenters. The molecule has 2 aromatic rings. The highest BCUT2D eigenvalue weighted by Gasteiger charge is 2.25. The summed E-state index contributed by atoms with van der Waals surface area (Å²) in [5.74, 6) is 1.73. The summed E-state index contributed by atoms with van der Waals surface area (Å²) in [7, 11) is 1.74. The fourth-order valence-corrected chi connectivity index (χ4v) is 2.89. The van der Waals surface area contributed by atoms with Crippen molar-refractivity contribution in [3.8, 4) is 0 Å². The number of likely N-dealkylation sites (tertiary alicyclic amines) is 1. The zero-order valence-corrected chi connectivity index (χ0v) is 16.8. The number of carbonyl (C=O) groups excluding carboxylic acids is 1. The minimum Gasteiger partial charge on any atom is -0.352 e. The van der Waals surface area contributed by atoms with E-state index in [2.05, 4.69) is 25.8 Å². The van der Waals surface area contributed by atoms with Crippen LogP contribution in [0.15, 0.2) is 29.4 Å². The summed E-state index contributed by atoms with van der Waals surface area (Å²) >= 11 is 0. The van der Waals surface area contributed by atoms with Crippen LogP contribution in [0.25, 0.3) is 5.65 Å². The predicted molar refractivity (Wildman–Crippen MR) is 107 cm³/mol. The van der Waals surface area contributed by atoms with Gasteiger partial charge >= 0.3 is 0 Å². The first-order valence-electron chi connectivity index (χ1n) is 8.25. The summed E-state index contributed by atoms with van der Waals surface area (Å²) in [6.45, 7) is 3.94. The van der Waals surface area contributed by atoms with Gasteiger partial charge in [-0.2, -0.15) is 0 Å². The Morgan fingerprint density at radius 3 is 3.00 bits per heavy atom. The van der Waals surface area contributed by atoms with E-state index in [4.69, 9.17) is 0 Å². The van der Waals surface area contributed by atoms with E-state index in [1.807, 2.05) is 40.6 Å². The maximum Gasteiger partial charge on any atom is 0.222 e. The topological polar surface area (TPSA) is 86.9 Å². The first-order chi connectivity index (χ1) is 11.7. The van der Waals surface area contributed by atoms with Gasteiger partial charge in [-0.15, -0.1) is 34.2 Å². The van der Waals surface area contributed by atoms with Crippen molar-refractivity contribution in [2.45, 2.75) is 32.4 Å². The summed E-state index contributed by atoms with van der Waals surface area (Å²) in [6, 6.07) is 6.03. The monoisotopic (exact) mass is 457 g/mol. The Labute approximate surface area is 164 Å². The van der Waals surface area contributed by atoms with Gasteiger partial charge in [0.1, 0.15) is 0 Å². The minimum atomic E-state index is 0. The Kier molecular flexibility index (Phi) is 6.97. The number of amides is 1. The predicted octanol–water partition coefficient (Wildman–Crippen LogP) is 1.02. The average Bonchev–Trinajstić information content (AvgIpc) is 3.25. The van der Waals surface area contributed by atoms with Crippen molar-refractivity contribution in [2.24, 2.45) is 4.99 Å². The van der Waals surface area contributed by atoms with Crippen LogP contribution in [0.5, 0.6) is 0 Å². The summed E-state index contributed by atoms with van der Waals surface area (Å²) in [6.07, 6.45) is 3.42. The van der Waals surface area contributed by atoms with E-state index in [1.54, 1.807) is 7.05 Å². The molecule has 1 amide bonds. The third kappa shape index (κ3) is 4.59. The van der Waals surface area contributed by atoms with Crippen LogP contribution in [0.1, 0.15) is 25.6 Å². The third-order valence-corrected chi connectivity index (χ3v) is 4.21. The molecule has 1 atom stereocenters. The van der Waals surface area contributed by atoms with Gasteiger partial charge in [-0.3, -0.25) is 14.2 Å². The molecule has 1 fully saturated rings. The normalized spacial score (nSPS) is 17.4. The Morgan fingerprint density at radius 1 is 1.40 bits per heavy atom. The molecule has 1 aliphatic rings. The highest BCUT2D eigenvalue weighted by atomic mass is 127. The molecule has 1 aliphatic heterocycles. The van der Waals surface area contributed by atoms with Crippen molar-refractivity contribution in [1.82, 2.24) is 30.1 Å². The fraction of sp³-hybridized carbons (Fsp3) is 0.500. The molecule has 0 aliphatic carbocycles. The van der Waals surface area contributed by atoms with Crippen LogP contribution < -0.4 is 10.6 Å². The van der Waals surface area contributed by atoms with Gasteiger partial charge in [0.2, 0.25) is 5.91 Å². The molecule has 3 rings (SSSR count). The molecule has 0 spiro atoms. The van der Waals surface area contributed by atoms with Gasteiger partial charge in [0.05, 0.1) is 6.54 Å². The number of pyridine rings is 1. The lowest BCUT2D eigenvalue weighted by Gasteiger charge is -2.18. The molecule has 1 saturated heterocycles. The molecule has 9 heteroatoms. The number of carbonyl (C=O) groups is 1. The van der Waals surface area contributed by atoms with E-state index in [1.165, 1.54) is 0 Å². The van der Waals surface area contributed by atoms with Crippen LogP contribution in [0.2, 0.25) is 0 Å². The number of fused-ring (bicyclic) bond motifs is 1. The van der Waals surface area contributed by atoms with Crippen molar-refractivity contribution in [3.63, 3.8) is 0 Å². The van der Waals surface area contributed by atoms with Gasteiger partial charge in [0.25, 0.3) is 0 Å². The average molecular weight is 457 g/mol. The second-order valence-electron chi connectivity index (χ2n) is 5.79. The highest BCUT2D eigenvalue weighted by Crippen LogP contribution is 2.10. The van der Waals surface area contributed by atoms with Gasteiger partial charge in [-0.1, -0.05) is 13.0 Å². The van der Waals surface area contributed by atoms with E-state index >= 15 is 0 Å². The van der Waals surface area contributed by atoms with Crippen LogP contribution >= 0.6 is 24.0 Å². The van der Waals surface area contributed by atoms with Gasteiger partial charge in [0.15, 0.2) is 17.4 Å². The van der Waals surface area contributed by atoms with Crippen molar-refractivity contribution in [1.29, 1.82) is 0 Å². The largest absolute Gasteiger partial charge is 0.352 e. The van der Waals surface area contributed by atoms with E-state index < -0.39 is 0 Å². The number of nitrogens with zero attached hydrogens (tertiary/aromatic N) is 5. The van der Waals surface area contributed by atoms with Gasteiger partial charge in [0, 0.05) is 38.8 Å². The summed E-state index contributed by atoms with van der Waals surface area (Å²) in [5, 5.41) is 15.0. The summed E-state index contributed by atoms with van der Waals surface area (Å²) in [5.41, 5.74) is 0.821. The number of hydrogen-bond acceptors (Lipinski definition) is 4. The van der Waals surface area contributed by atoms with Crippen LogP contribution in [-0.2, 0) is 11.3 Å². The van der Waals surface area contributed by atoms with Gasteiger partial charge in [-0.25, -0.2) is 0 Å². The first-order valence-corrected chi connectivity index (χ1v) is 8.25. The van der Waals surface area contributed by atoms with Crippen LogP contribution in [-0.4, -0.2) is 57.5 Å². The van der Waals surface area contributed by atoms with Crippen molar-refractivity contribution in [3.05, 3.63) is 30.2 Å². The Morgan fingerprint density at radius 2 is 2.24 bits per heavy atom. The van der Waals surface area contributed by atoms with Crippen LogP contribution in [0.3, 0.4) is 0 Å². The number of nitrogens with one attached hydrogen (secondary N) is 2. The van der Waals surface area contributed by atoms with E-state index in [0.29, 0.717) is 18.9 Å². The lowest BCUT2D eigenvalue weighted by atomic mass is 10.3.